The number of halogens is 1. The van der Waals surface area contributed by atoms with Crippen LogP contribution in [0.5, 0.6) is 5.75 Å². The Labute approximate surface area is 202 Å². The summed E-state index contributed by atoms with van der Waals surface area (Å²) in [5.41, 5.74) is 12.5. The Kier molecular flexibility index (Phi) is 8.56. The minimum atomic E-state index is -0.755. The van der Waals surface area contributed by atoms with Crippen molar-refractivity contribution in [3.63, 3.8) is 0 Å². The van der Waals surface area contributed by atoms with Gasteiger partial charge in [-0.2, -0.15) is 0 Å². The second-order valence-corrected chi connectivity index (χ2v) is 8.05. The molecule has 1 fully saturated rings. The van der Waals surface area contributed by atoms with Gasteiger partial charge in [0.1, 0.15) is 12.3 Å². The van der Waals surface area contributed by atoms with Gasteiger partial charge < -0.3 is 30.6 Å². The molecule has 186 valence electrons. The highest BCUT2D eigenvalue weighted by atomic mass is 19.1. The molecule has 0 unspecified atom stereocenters. The highest BCUT2D eigenvalue weighted by Crippen LogP contribution is 2.25. The van der Waals surface area contributed by atoms with E-state index in [0.717, 1.165) is 12.1 Å². The number of nitrogen functional groups attached to an aromatic ring is 1. The van der Waals surface area contributed by atoms with Crippen LogP contribution in [0.3, 0.4) is 0 Å². The van der Waals surface area contributed by atoms with E-state index in [9.17, 15) is 14.0 Å². The summed E-state index contributed by atoms with van der Waals surface area (Å²) in [6, 6.07) is 8.70. The minimum absolute atomic E-state index is 0.0179. The highest BCUT2D eigenvalue weighted by molar-refractivity contribution is 6.50. The van der Waals surface area contributed by atoms with Crippen molar-refractivity contribution in [3.8, 4) is 5.75 Å². The van der Waals surface area contributed by atoms with Crippen molar-refractivity contribution in [2.24, 2.45) is 5.73 Å². The van der Waals surface area contributed by atoms with Gasteiger partial charge in [-0.15, -0.1) is 0 Å². The highest BCUT2D eigenvalue weighted by Gasteiger charge is 2.24. The molecule has 3 rings (SSSR count). The second-order valence-electron chi connectivity index (χ2n) is 8.05. The lowest BCUT2D eigenvalue weighted by Gasteiger charge is -2.33. The van der Waals surface area contributed by atoms with Crippen LogP contribution in [0, 0.1) is 11.2 Å². The smallest absolute Gasteiger partial charge is 0.254 e. The fourth-order valence-corrected chi connectivity index (χ4v) is 3.56. The maximum atomic E-state index is 14.4. The molecule has 10 heteroatoms. The second kappa shape index (κ2) is 11.6. The average molecular weight is 485 g/mol. The summed E-state index contributed by atoms with van der Waals surface area (Å²) in [6.07, 6.45) is 1.07. The number of hydrogen-bond acceptors (Lipinski definition) is 8. The molecule has 1 aliphatic heterocycles. The average Bonchev–Trinajstić information content (AvgIpc) is 2.85. The number of carbonyl (C=O) groups excluding carboxylic acids is 2. The summed E-state index contributed by atoms with van der Waals surface area (Å²) in [5, 5.41) is 8.17. The van der Waals surface area contributed by atoms with Gasteiger partial charge in [0.05, 0.1) is 25.9 Å². The van der Waals surface area contributed by atoms with Crippen molar-refractivity contribution < 1.29 is 28.2 Å². The first kappa shape index (κ1) is 25.9. The van der Waals surface area contributed by atoms with E-state index < -0.39 is 17.3 Å². The quantitative estimate of drug-likeness (QED) is 0.214. The third-order valence-electron chi connectivity index (χ3n) is 5.55. The van der Waals surface area contributed by atoms with Gasteiger partial charge in [0.25, 0.3) is 5.91 Å². The van der Waals surface area contributed by atoms with Gasteiger partial charge in [-0.25, -0.2) is 4.39 Å². The van der Waals surface area contributed by atoms with Gasteiger partial charge >= 0.3 is 0 Å². The Hall–Kier alpha value is -3.76. The predicted octanol–water partition coefficient (Wildman–Crippen LogP) is 2.23. The maximum absolute atomic E-state index is 14.4. The van der Waals surface area contributed by atoms with Gasteiger partial charge in [0, 0.05) is 48.3 Å². The fourth-order valence-electron chi connectivity index (χ4n) is 3.56. The SMILES string of the molecule is COCCOc1cc(N)c(C(=N)C(=O)/C=C(\N)c2ccc(C(=O)N3CCOC[C@@H]3C)cc2)cc1F. The zero-order chi connectivity index (χ0) is 25.5. The Morgan fingerprint density at radius 1 is 1.23 bits per heavy atom. The van der Waals surface area contributed by atoms with E-state index >= 15 is 0 Å². The lowest BCUT2D eigenvalue weighted by molar-refractivity contribution is -0.108. The van der Waals surface area contributed by atoms with E-state index in [2.05, 4.69) is 0 Å². The number of ether oxygens (including phenoxy) is 3. The summed E-state index contributed by atoms with van der Waals surface area (Å²) in [4.78, 5) is 27.1. The Bertz CT molecular complexity index is 1130. The van der Waals surface area contributed by atoms with Gasteiger partial charge in [0.15, 0.2) is 11.6 Å². The van der Waals surface area contributed by atoms with Crippen molar-refractivity contribution in [3.05, 3.63) is 65.0 Å². The molecular weight excluding hydrogens is 455 g/mol. The largest absolute Gasteiger partial charge is 0.488 e. The molecule has 1 amide bonds. The standard InChI is InChI=1S/C25H29FN4O5/c1-15-14-34-8-7-30(15)25(32)17-5-3-16(4-6-17)20(27)12-22(31)24(29)18-11-19(26)23(13-21(18)28)35-10-9-33-2/h3-6,11-13,15,29H,7-10,14,27-28H2,1-2H3/b20-12-,29-24?/t15-/m0/s1. The third kappa shape index (κ3) is 6.23. The molecule has 0 saturated carbocycles. The van der Waals surface area contributed by atoms with Crippen LogP contribution < -0.4 is 16.2 Å². The first-order valence-electron chi connectivity index (χ1n) is 11.0. The number of amides is 1. The number of anilines is 1. The van der Waals surface area contributed by atoms with Gasteiger partial charge in [0.2, 0.25) is 5.78 Å². The molecule has 2 aromatic rings. The van der Waals surface area contributed by atoms with Crippen molar-refractivity contribution in [2.45, 2.75) is 13.0 Å². The van der Waals surface area contributed by atoms with Crippen molar-refractivity contribution in [1.82, 2.24) is 4.90 Å². The Morgan fingerprint density at radius 3 is 2.57 bits per heavy atom. The monoisotopic (exact) mass is 484 g/mol. The van der Waals surface area contributed by atoms with E-state index in [1.54, 1.807) is 29.2 Å². The number of carbonyl (C=O) groups is 2. The van der Waals surface area contributed by atoms with E-state index in [4.69, 9.17) is 31.1 Å². The van der Waals surface area contributed by atoms with Crippen LogP contribution in [-0.2, 0) is 14.3 Å². The van der Waals surface area contributed by atoms with Crippen molar-refractivity contribution in [1.29, 1.82) is 5.41 Å². The summed E-state index contributed by atoms with van der Waals surface area (Å²) < 4.78 is 29.8. The summed E-state index contributed by atoms with van der Waals surface area (Å²) in [6.45, 7) is 3.82. The zero-order valence-corrected chi connectivity index (χ0v) is 19.7. The van der Waals surface area contributed by atoms with E-state index in [-0.39, 0.29) is 47.9 Å². The van der Waals surface area contributed by atoms with Gasteiger partial charge in [-0.1, -0.05) is 12.1 Å². The normalized spacial score (nSPS) is 16.1. The molecular formula is C25H29FN4O5. The van der Waals surface area contributed by atoms with Crippen LogP contribution >= 0.6 is 0 Å². The lowest BCUT2D eigenvalue weighted by atomic mass is 10.0. The Morgan fingerprint density at radius 2 is 1.91 bits per heavy atom. The topological polar surface area (TPSA) is 141 Å². The van der Waals surface area contributed by atoms with Gasteiger partial charge in [-0.3, -0.25) is 15.0 Å². The van der Waals surface area contributed by atoms with Crippen LogP contribution in [0.15, 0.2) is 42.5 Å². The van der Waals surface area contributed by atoms with Gasteiger partial charge in [-0.05, 0) is 30.7 Å². The first-order chi connectivity index (χ1) is 16.7. The van der Waals surface area contributed by atoms with E-state index in [0.29, 0.717) is 30.9 Å². The molecule has 5 N–H and O–H groups in total. The lowest BCUT2D eigenvalue weighted by Crippen LogP contribution is -2.47. The molecule has 2 aromatic carbocycles. The third-order valence-corrected chi connectivity index (χ3v) is 5.55. The molecule has 0 bridgehead atoms. The van der Waals surface area contributed by atoms with Crippen LogP contribution in [0.4, 0.5) is 10.1 Å². The molecule has 1 atom stereocenters. The number of ketones is 1. The van der Waals surface area contributed by atoms with E-state index in [1.165, 1.54) is 13.2 Å². The summed E-state index contributed by atoms with van der Waals surface area (Å²) >= 11 is 0. The molecule has 9 nitrogen and oxygen atoms in total. The zero-order valence-electron chi connectivity index (χ0n) is 19.7. The van der Waals surface area contributed by atoms with E-state index in [1.807, 2.05) is 6.92 Å². The number of nitrogens with one attached hydrogen (secondary N) is 1. The van der Waals surface area contributed by atoms with Crippen molar-refractivity contribution in [2.75, 3.05) is 45.8 Å². The molecule has 0 aliphatic carbocycles. The molecule has 35 heavy (non-hydrogen) atoms. The van der Waals surface area contributed by atoms with Crippen LogP contribution in [-0.4, -0.2) is 68.4 Å². The van der Waals surface area contributed by atoms with Crippen LogP contribution in [0.25, 0.3) is 5.70 Å². The number of nitrogens with zero attached hydrogens (tertiary/aromatic N) is 1. The van der Waals surface area contributed by atoms with Crippen LogP contribution in [0.1, 0.15) is 28.4 Å². The number of allylic oxidation sites excluding steroid dienone is 1. The number of nitrogens with two attached hydrogens (primary N) is 2. The Balaban J connectivity index is 1.71. The number of hydrogen-bond donors (Lipinski definition) is 3. The molecule has 0 spiro atoms. The minimum Gasteiger partial charge on any atom is -0.488 e. The first-order valence-corrected chi connectivity index (χ1v) is 11.0. The number of benzene rings is 2. The number of methoxy groups -OCH3 is 1. The van der Waals surface area contributed by atoms with Crippen molar-refractivity contribution >= 4 is 28.8 Å². The number of morpholine rings is 1. The number of rotatable bonds is 9. The molecule has 1 heterocycles. The fraction of sp³-hybridized carbons (Fsp3) is 0.320. The molecule has 0 aromatic heterocycles. The molecule has 0 radical (unpaired) electrons. The molecule has 1 aliphatic rings. The summed E-state index contributed by atoms with van der Waals surface area (Å²) in [7, 11) is 1.49. The predicted molar refractivity (Wildman–Crippen MR) is 130 cm³/mol. The molecule has 1 saturated heterocycles. The maximum Gasteiger partial charge on any atom is 0.254 e. The summed E-state index contributed by atoms with van der Waals surface area (Å²) in [5.74, 6) is -1.71. The van der Waals surface area contributed by atoms with Crippen LogP contribution in [0.2, 0.25) is 0 Å².